The number of carbonyl (C=O) groups is 1. The highest BCUT2D eigenvalue weighted by Gasteiger charge is 2.34. The quantitative estimate of drug-likeness (QED) is 0.818. The Kier molecular flexibility index (Phi) is 4.27. The molecule has 102 valence electrons. The number of carbonyl (C=O) groups excluding carboxylic acids is 1. The number of nitrogens with two attached hydrogens (primary N) is 1. The van der Waals surface area contributed by atoms with E-state index < -0.39 is 0 Å². The van der Waals surface area contributed by atoms with E-state index in [0.29, 0.717) is 27.2 Å². The van der Waals surface area contributed by atoms with E-state index in [9.17, 15) is 4.79 Å². The van der Waals surface area contributed by atoms with Crippen LogP contribution in [0.15, 0.2) is 18.2 Å². The molecule has 1 amide bonds. The number of amides is 1. The molecule has 19 heavy (non-hydrogen) atoms. The zero-order valence-corrected chi connectivity index (χ0v) is 12.1. The van der Waals surface area contributed by atoms with Crippen molar-refractivity contribution in [1.29, 1.82) is 0 Å². The molecule has 0 aliphatic heterocycles. The molecule has 0 aromatic heterocycles. The molecule has 1 atom stereocenters. The summed E-state index contributed by atoms with van der Waals surface area (Å²) in [5.74, 6) is 0.542. The molecule has 1 fully saturated rings. The maximum atomic E-state index is 12.2. The van der Waals surface area contributed by atoms with Crippen molar-refractivity contribution in [2.24, 2.45) is 11.7 Å². The Bertz CT molecular complexity index is 517. The van der Waals surface area contributed by atoms with E-state index in [4.69, 9.17) is 34.3 Å². The number of thiocarbonyl (C=S) groups is 1. The van der Waals surface area contributed by atoms with Gasteiger partial charge >= 0.3 is 0 Å². The Labute approximate surface area is 122 Å². The lowest BCUT2D eigenvalue weighted by molar-refractivity contribution is 0.0941. The first-order chi connectivity index (χ1) is 9.02. The zero-order valence-electron chi connectivity index (χ0n) is 10.5. The first-order valence-corrected chi connectivity index (χ1v) is 6.75. The van der Waals surface area contributed by atoms with Crippen LogP contribution in [-0.4, -0.2) is 24.0 Å². The number of hydrogen-bond donors (Lipinski definition) is 2. The third kappa shape index (κ3) is 3.36. The van der Waals surface area contributed by atoms with Crippen LogP contribution < -0.4 is 15.8 Å². The van der Waals surface area contributed by atoms with E-state index in [1.54, 1.807) is 18.2 Å². The molecule has 0 radical (unpaired) electrons. The second kappa shape index (κ2) is 5.75. The standard InChI is InChI=1S/C13H15ClN2O2S/c1-18-10-6-8(14)4-5-9(10)13(17)16-11(12(15)19)7-2-3-7/h4-7,11H,2-3H2,1H3,(H2,15,19)(H,16,17). The highest BCUT2D eigenvalue weighted by molar-refractivity contribution is 7.80. The van der Waals surface area contributed by atoms with E-state index in [1.165, 1.54) is 7.11 Å². The van der Waals surface area contributed by atoms with Crippen LogP contribution in [-0.2, 0) is 0 Å². The van der Waals surface area contributed by atoms with E-state index >= 15 is 0 Å². The highest BCUT2D eigenvalue weighted by Crippen LogP contribution is 2.33. The van der Waals surface area contributed by atoms with Crippen molar-refractivity contribution in [3.8, 4) is 5.75 Å². The van der Waals surface area contributed by atoms with Crippen LogP contribution >= 0.6 is 23.8 Å². The maximum Gasteiger partial charge on any atom is 0.255 e. The van der Waals surface area contributed by atoms with Crippen molar-refractivity contribution in [2.75, 3.05) is 7.11 Å². The van der Waals surface area contributed by atoms with Gasteiger partial charge in [-0.3, -0.25) is 4.79 Å². The molecular formula is C13H15ClN2O2S. The molecule has 1 aromatic carbocycles. The van der Waals surface area contributed by atoms with Crippen LogP contribution in [0.5, 0.6) is 5.75 Å². The summed E-state index contributed by atoms with van der Waals surface area (Å²) >= 11 is 10.9. The van der Waals surface area contributed by atoms with E-state index in [0.717, 1.165) is 12.8 Å². The smallest absolute Gasteiger partial charge is 0.255 e. The van der Waals surface area contributed by atoms with Gasteiger partial charge in [-0.2, -0.15) is 0 Å². The van der Waals surface area contributed by atoms with Gasteiger partial charge in [0.2, 0.25) is 0 Å². The molecule has 4 nitrogen and oxygen atoms in total. The summed E-state index contributed by atoms with van der Waals surface area (Å²) < 4.78 is 5.16. The average Bonchev–Trinajstić information content (AvgIpc) is 3.19. The molecule has 1 unspecified atom stereocenters. The molecule has 6 heteroatoms. The Hall–Kier alpha value is -1.33. The lowest BCUT2D eigenvalue weighted by Gasteiger charge is -2.17. The van der Waals surface area contributed by atoms with Crippen molar-refractivity contribution < 1.29 is 9.53 Å². The first kappa shape index (κ1) is 14.1. The van der Waals surface area contributed by atoms with Gasteiger partial charge in [-0.25, -0.2) is 0 Å². The summed E-state index contributed by atoms with van der Waals surface area (Å²) in [6.07, 6.45) is 2.08. The second-order valence-corrected chi connectivity index (χ2v) is 5.44. The second-order valence-electron chi connectivity index (χ2n) is 4.54. The van der Waals surface area contributed by atoms with E-state index in [-0.39, 0.29) is 11.9 Å². The topological polar surface area (TPSA) is 64.3 Å². The molecule has 0 saturated heterocycles. The minimum absolute atomic E-state index is 0.247. The zero-order chi connectivity index (χ0) is 14.0. The summed E-state index contributed by atoms with van der Waals surface area (Å²) in [6.45, 7) is 0. The van der Waals surface area contributed by atoms with Gasteiger partial charge in [0, 0.05) is 5.02 Å². The van der Waals surface area contributed by atoms with Crippen LogP contribution in [0.25, 0.3) is 0 Å². The fourth-order valence-electron chi connectivity index (χ4n) is 1.92. The number of ether oxygens (including phenoxy) is 1. The first-order valence-electron chi connectivity index (χ1n) is 5.96. The summed E-state index contributed by atoms with van der Waals surface area (Å²) in [5, 5.41) is 3.38. The normalized spacial score (nSPS) is 15.7. The fourth-order valence-corrected chi connectivity index (χ4v) is 2.34. The predicted molar refractivity (Wildman–Crippen MR) is 78.8 cm³/mol. The van der Waals surface area contributed by atoms with E-state index in [1.807, 2.05) is 0 Å². The van der Waals surface area contributed by atoms with Crippen molar-refractivity contribution in [3.63, 3.8) is 0 Å². The Morgan fingerprint density at radius 2 is 2.26 bits per heavy atom. The molecule has 0 bridgehead atoms. The SMILES string of the molecule is COc1cc(Cl)ccc1C(=O)NC(C(N)=S)C1CC1. The third-order valence-electron chi connectivity index (χ3n) is 3.09. The number of rotatable bonds is 5. The molecule has 1 aliphatic rings. The average molecular weight is 299 g/mol. The van der Waals surface area contributed by atoms with Gasteiger partial charge in [0.05, 0.1) is 23.7 Å². The van der Waals surface area contributed by atoms with Crippen LogP contribution in [0.4, 0.5) is 0 Å². The van der Waals surface area contributed by atoms with Crippen LogP contribution in [0, 0.1) is 5.92 Å². The molecule has 1 saturated carbocycles. The number of hydrogen-bond acceptors (Lipinski definition) is 3. The third-order valence-corrected chi connectivity index (χ3v) is 3.58. The monoisotopic (exact) mass is 298 g/mol. The lowest BCUT2D eigenvalue weighted by Crippen LogP contribution is -2.45. The molecule has 1 aliphatic carbocycles. The molecule has 2 rings (SSSR count). The van der Waals surface area contributed by atoms with E-state index in [2.05, 4.69) is 5.32 Å². The van der Waals surface area contributed by atoms with Gasteiger partial charge < -0.3 is 15.8 Å². The molecule has 0 heterocycles. The summed E-state index contributed by atoms with van der Waals surface area (Å²) in [5.41, 5.74) is 6.09. The maximum absolute atomic E-state index is 12.2. The number of benzene rings is 1. The van der Waals surface area contributed by atoms with Crippen molar-refractivity contribution in [2.45, 2.75) is 18.9 Å². The summed E-state index contributed by atoms with van der Waals surface area (Å²) in [6, 6.07) is 4.62. The largest absolute Gasteiger partial charge is 0.496 e. The number of methoxy groups -OCH3 is 1. The van der Waals surface area contributed by atoms with Gasteiger partial charge in [0.1, 0.15) is 5.75 Å². The minimum Gasteiger partial charge on any atom is -0.496 e. The number of nitrogens with one attached hydrogen (secondary N) is 1. The Morgan fingerprint density at radius 3 is 2.79 bits per heavy atom. The van der Waals surface area contributed by atoms with Gasteiger partial charge in [0.25, 0.3) is 5.91 Å². The molecule has 3 N–H and O–H groups in total. The summed E-state index contributed by atoms with van der Waals surface area (Å²) in [7, 11) is 1.49. The molecule has 1 aromatic rings. The van der Waals surface area contributed by atoms with Crippen LogP contribution in [0.1, 0.15) is 23.2 Å². The van der Waals surface area contributed by atoms with Crippen molar-refractivity contribution in [1.82, 2.24) is 5.32 Å². The van der Waals surface area contributed by atoms with Crippen LogP contribution in [0.3, 0.4) is 0 Å². The van der Waals surface area contributed by atoms with Gasteiger partial charge in [-0.15, -0.1) is 0 Å². The predicted octanol–water partition coefficient (Wildman–Crippen LogP) is 2.14. The lowest BCUT2D eigenvalue weighted by atomic mass is 10.1. The molecule has 0 spiro atoms. The van der Waals surface area contributed by atoms with Gasteiger partial charge in [-0.1, -0.05) is 23.8 Å². The Morgan fingerprint density at radius 1 is 1.58 bits per heavy atom. The molecular weight excluding hydrogens is 284 g/mol. The van der Waals surface area contributed by atoms with Gasteiger partial charge in [-0.05, 0) is 37.0 Å². The minimum atomic E-state index is -0.252. The number of halogens is 1. The van der Waals surface area contributed by atoms with Crippen LogP contribution in [0.2, 0.25) is 5.02 Å². The van der Waals surface area contributed by atoms with Gasteiger partial charge in [0.15, 0.2) is 0 Å². The van der Waals surface area contributed by atoms with Crippen molar-refractivity contribution >= 4 is 34.7 Å². The van der Waals surface area contributed by atoms with Crippen molar-refractivity contribution in [3.05, 3.63) is 28.8 Å². The highest BCUT2D eigenvalue weighted by atomic mass is 35.5. The fraction of sp³-hybridized carbons (Fsp3) is 0.385. The summed E-state index contributed by atoms with van der Waals surface area (Å²) in [4.78, 5) is 12.6. The Balaban J connectivity index is 2.17.